The molecule has 0 spiro atoms. The van der Waals surface area contributed by atoms with E-state index in [2.05, 4.69) is 24.1 Å². The number of aryl methyl sites for hydroxylation is 1. The predicted octanol–water partition coefficient (Wildman–Crippen LogP) is 3.59. The molecule has 160 valence electrons. The lowest BCUT2D eigenvalue weighted by atomic mass is 10.1. The van der Waals surface area contributed by atoms with Gasteiger partial charge in [0.05, 0.1) is 25.4 Å². The van der Waals surface area contributed by atoms with E-state index in [4.69, 9.17) is 4.74 Å². The summed E-state index contributed by atoms with van der Waals surface area (Å²) in [6.45, 7) is 7.27. The van der Waals surface area contributed by atoms with Crippen LogP contribution >= 0.6 is 0 Å². The SMILES string of the molecule is COc1ccc(C)cc1NC(=O)C1CCCN1CC(=O)N(C(C)C)C1CCCC1. The third kappa shape index (κ3) is 5.10. The first-order chi connectivity index (χ1) is 13.9. The van der Waals surface area contributed by atoms with Gasteiger partial charge >= 0.3 is 0 Å². The molecular formula is C23H35N3O3. The summed E-state index contributed by atoms with van der Waals surface area (Å²) in [4.78, 5) is 30.2. The van der Waals surface area contributed by atoms with Crippen LogP contribution in [0.4, 0.5) is 5.69 Å². The van der Waals surface area contributed by atoms with Crippen molar-refractivity contribution in [3.63, 3.8) is 0 Å². The molecule has 2 amide bonds. The van der Waals surface area contributed by atoms with Crippen molar-refractivity contribution in [3.05, 3.63) is 23.8 Å². The zero-order valence-corrected chi connectivity index (χ0v) is 18.2. The Labute approximate surface area is 174 Å². The van der Waals surface area contributed by atoms with Gasteiger partial charge in [-0.2, -0.15) is 0 Å². The normalized spacial score (nSPS) is 20.2. The molecule has 1 unspecified atom stereocenters. The highest BCUT2D eigenvalue weighted by atomic mass is 16.5. The van der Waals surface area contributed by atoms with Crippen molar-refractivity contribution in [2.75, 3.05) is 25.5 Å². The molecule has 1 heterocycles. The third-order valence-corrected chi connectivity index (χ3v) is 6.18. The number of carbonyl (C=O) groups excluding carboxylic acids is 2. The van der Waals surface area contributed by atoms with Crippen molar-refractivity contribution >= 4 is 17.5 Å². The van der Waals surface area contributed by atoms with Gasteiger partial charge in [-0.3, -0.25) is 14.5 Å². The van der Waals surface area contributed by atoms with Gasteiger partial charge < -0.3 is 15.0 Å². The molecule has 1 saturated heterocycles. The molecular weight excluding hydrogens is 366 g/mol. The molecule has 6 heteroatoms. The molecule has 1 aromatic carbocycles. The van der Waals surface area contributed by atoms with Gasteiger partial charge in [-0.1, -0.05) is 18.9 Å². The number of benzene rings is 1. The zero-order valence-electron chi connectivity index (χ0n) is 18.2. The number of ether oxygens (including phenoxy) is 1. The van der Waals surface area contributed by atoms with Gasteiger partial charge in [0, 0.05) is 12.1 Å². The Balaban J connectivity index is 1.67. The smallest absolute Gasteiger partial charge is 0.241 e. The van der Waals surface area contributed by atoms with Gasteiger partial charge in [-0.15, -0.1) is 0 Å². The maximum absolute atomic E-state index is 13.1. The number of nitrogens with zero attached hydrogens (tertiary/aromatic N) is 2. The van der Waals surface area contributed by atoms with Crippen molar-refractivity contribution in [2.24, 2.45) is 0 Å². The molecule has 1 aromatic rings. The molecule has 0 bridgehead atoms. The molecule has 0 radical (unpaired) electrons. The van der Waals surface area contributed by atoms with E-state index in [1.807, 2.05) is 30.0 Å². The van der Waals surface area contributed by atoms with Crippen LogP contribution in [0.5, 0.6) is 5.75 Å². The molecule has 2 aliphatic rings. The zero-order chi connectivity index (χ0) is 21.0. The first kappa shape index (κ1) is 21.6. The van der Waals surface area contributed by atoms with Crippen LogP contribution in [0.2, 0.25) is 0 Å². The Morgan fingerprint density at radius 2 is 1.93 bits per heavy atom. The number of methoxy groups -OCH3 is 1. The number of hydrogen-bond donors (Lipinski definition) is 1. The molecule has 1 aliphatic carbocycles. The topological polar surface area (TPSA) is 61.9 Å². The summed E-state index contributed by atoms with van der Waals surface area (Å²) in [5.74, 6) is 0.743. The summed E-state index contributed by atoms with van der Waals surface area (Å²) in [7, 11) is 1.60. The minimum Gasteiger partial charge on any atom is -0.495 e. The fourth-order valence-corrected chi connectivity index (χ4v) is 4.80. The Bertz CT molecular complexity index is 728. The molecule has 1 atom stereocenters. The first-order valence-corrected chi connectivity index (χ1v) is 10.9. The van der Waals surface area contributed by atoms with Crippen LogP contribution in [0.15, 0.2) is 18.2 Å². The quantitative estimate of drug-likeness (QED) is 0.759. The predicted molar refractivity (Wildman–Crippen MR) is 115 cm³/mol. The molecule has 1 aliphatic heterocycles. The van der Waals surface area contributed by atoms with Crippen LogP contribution in [0.3, 0.4) is 0 Å². The van der Waals surface area contributed by atoms with E-state index < -0.39 is 0 Å². The summed E-state index contributed by atoms with van der Waals surface area (Å²) >= 11 is 0. The highest BCUT2D eigenvalue weighted by molar-refractivity contribution is 5.96. The standard InChI is InChI=1S/C23H35N3O3/c1-16(2)26(18-8-5-6-9-18)22(27)15-25-13-7-10-20(25)23(28)24-19-14-17(3)11-12-21(19)29-4/h11-12,14,16,18,20H,5-10,13,15H2,1-4H3,(H,24,28). The lowest BCUT2D eigenvalue weighted by Crippen LogP contribution is -2.50. The molecule has 6 nitrogen and oxygen atoms in total. The summed E-state index contributed by atoms with van der Waals surface area (Å²) < 4.78 is 5.38. The number of likely N-dealkylation sites (tertiary alicyclic amines) is 1. The van der Waals surface area contributed by atoms with Crippen LogP contribution < -0.4 is 10.1 Å². The monoisotopic (exact) mass is 401 g/mol. The average Bonchev–Trinajstić information content (AvgIpc) is 3.34. The van der Waals surface area contributed by atoms with Crippen molar-refractivity contribution in [2.45, 2.75) is 77.4 Å². The maximum atomic E-state index is 13.1. The van der Waals surface area contributed by atoms with Crippen molar-refractivity contribution in [3.8, 4) is 5.75 Å². The van der Waals surface area contributed by atoms with Crippen LogP contribution in [-0.2, 0) is 9.59 Å². The van der Waals surface area contributed by atoms with Crippen LogP contribution in [0.1, 0.15) is 57.9 Å². The van der Waals surface area contributed by atoms with E-state index in [1.165, 1.54) is 12.8 Å². The Hall–Kier alpha value is -2.08. The number of hydrogen-bond acceptors (Lipinski definition) is 4. The van der Waals surface area contributed by atoms with Crippen LogP contribution in [0, 0.1) is 6.92 Å². The van der Waals surface area contributed by atoms with Crippen LogP contribution in [0.25, 0.3) is 0 Å². The van der Waals surface area contributed by atoms with Gasteiger partial charge in [0.25, 0.3) is 0 Å². The lowest BCUT2D eigenvalue weighted by molar-refractivity contribution is -0.137. The molecule has 3 rings (SSSR count). The van der Waals surface area contributed by atoms with Gasteiger partial charge in [-0.05, 0) is 70.7 Å². The third-order valence-electron chi connectivity index (χ3n) is 6.18. The molecule has 1 N–H and O–H groups in total. The van der Waals surface area contributed by atoms with E-state index in [0.717, 1.165) is 37.8 Å². The summed E-state index contributed by atoms with van der Waals surface area (Å²) in [6.07, 6.45) is 6.31. The molecule has 1 saturated carbocycles. The number of carbonyl (C=O) groups is 2. The van der Waals surface area contributed by atoms with Crippen molar-refractivity contribution < 1.29 is 14.3 Å². The first-order valence-electron chi connectivity index (χ1n) is 10.9. The fraction of sp³-hybridized carbons (Fsp3) is 0.652. The van der Waals surface area contributed by atoms with Crippen LogP contribution in [-0.4, -0.2) is 59.9 Å². The second kappa shape index (κ2) is 9.61. The summed E-state index contributed by atoms with van der Waals surface area (Å²) in [5, 5.41) is 3.02. The Morgan fingerprint density at radius 1 is 1.21 bits per heavy atom. The van der Waals surface area contributed by atoms with Crippen molar-refractivity contribution in [1.82, 2.24) is 9.80 Å². The second-order valence-electron chi connectivity index (χ2n) is 8.65. The van der Waals surface area contributed by atoms with E-state index in [-0.39, 0.29) is 23.9 Å². The fourth-order valence-electron chi connectivity index (χ4n) is 4.80. The average molecular weight is 402 g/mol. The molecule has 29 heavy (non-hydrogen) atoms. The highest BCUT2D eigenvalue weighted by Crippen LogP contribution is 2.28. The Morgan fingerprint density at radius 3 is 2.59 bits per heavy atom. The van der Waals surface area contributed by atoms with Gasteiger partial charge in [-0.25, -0.2) is 0 Å². The number of nitrogens with one attached hydrogen (secondary N) is 1. The minimum absolute atomic E-state index is 0.0591. The van der Waals surface area contributed by atoms with Gasteiger partial charge in [0.1, 0.15) is 5.75 Å². The maximum Gasteiger partial charge on any atom is 0.241 e. The van der Waals surface area contributed by atoms with Gasteiger partial charge in [0.2, 0.25) is 11.8 Å². The highest BCUT2D eigenvalue weighted by Gasteiger charge is 2.35. The van der Waals surface area contributed by atoms with E-state index in [1.54, 1.807) is 7.11 Å². The Kier molecular flexibility index (Phi) is 7.17. The summed E-state index contributed by atoms with van der Waals surface area (Å²) in [6, 6.07) is 6.01. The van der Waals surface area contributed by atoms with E-state index >= 15 is 0 Å². The van der Waals surface area contributed by atoms with E-state index in [9.17, 15) is 9.59 Å². The summed E-state index contributed by atoms with van der Waals surface area (Å²) in [5.41, 5.74) is 1.74. The second-order valence-corrected chi connectivity index (χ2v) is 8.65. The minimum atomic E-state index is -0.276. The lowest BCUT2D eigenvalue weighted by Gasteiger charge is -2.35. The van der Waals surface area contributed by atoms with E-state index in [0.29, 0.717) is 24.0 Å². The number of amides is 2. The molecule has 0 aromatic heterocycles. The number of rotatable bonds is 7. The largest absolute Gasteiger partial charge is 0.495 e. The van der Waals surface area contributed by atoms with Gasteiger partial charge in [0.15, 0.2) is 0 Å². The van der Waals surface area contributed by atoms with Crippen molar-refractivity contribution in [1.29, 1.82) is 0 Å². The number of anilines is 1. The molecule has 2 fully saturated rings.